The second kappa shape index (κ2) is 5.21. The topological polar surface area (TPSA) is 20.2 Å². The number of halogens is 5. The van der Waals surface area contributed by atoms with Gasteiger partial charge in [-0.05, 0) is 22.0 Å². The minimum atomic E-state index is -1.53. The average Bonchev–Trinajstić information content (AvgIpc) is 2.57. The highest BCUT2D eigenvalue weighted by molar-refractivity contribution is 9.10. The highest BCUT2D eigenvalue weighted by Crippen LogP contribution is 2.38. The second-order valence-corrected chi connectivity index (χ2v) is 6.00. The number of aliphatic hydroxyl groups is 1. The summed E-state index contributed by atoms with van der Waals surface area (Å²) >= 11 is 9.88. The zero-order valence-electron chi connectivity index (χ0n) is 8.55. The Kier molecular flexibility index (Phi) is 4.01. The van der Waals surface area contributed by atoms with Crippen LogP contribution in [0.4, 0.5) is 13.2 Å². The molecule has 1 unspecified atom stereocenters. The first-order chi connectivity index (χ1) is 8.40. The highest BCUT2D eigenvalue weighted by atomic mass is 79.9. The standard InChI is InChI=1S/C11H5BrClF3OS/c12-5-3-8(18-11(5)13)10(17)9-6(15)1-4(14)2-7(9)16/h1-3,10,17H. The lowest BCUT2D eigenvalue weighted by molar-refractivity contribution is 0.212. The molecule has 1 aromatic heterocycles. The first kappa shape index (κ1) is 13.9. The highest BCUT2D eigenvalue weighted by Gasteiger charge is 2.23. The van der Waals surface area contributed by atoms with Crippen LogP contribution in [0.5, 0.6) is 0 Å². The van der Waals surface area contributed by atoms with Crippen molar-refractivity contribution in [1.82, 2.24) is 0 Å². The smallest absolute Gasteiger partial charge is 0.135 e. The Balaban J connectivity index is 2.49. The Bertz CT molecular complexity index is 559. The summed E-state index contributed by atoms with van der Waals surface area (Å²) in [6.07, 6.45) is -1.53. The number of hydrogen-bond acceptors (Lipinski definition) is 2. The first-order valence-corrected chi connectivity index (χ1v) is 6.66. The molecule has 1 heterocycles. The van der Waals surface area contributed by atoms with Crippen LogP contribution in [-0.2, 0) is 0 Å². The van der Waals surface area contributed by atoms with E-state index in [1.165, 1.54) is 6.07 Å². The summed E-state index contributed by atoms with van der Waals surface area (Å²) in [6, 6.07) is 2.50. The molecule has 1 atom stereocenters. The van der Waals surface area contributed by atoms with Gasteiger partial charge in [0.1, 0.15) is 27.9 Å². The second-order valence-electron chi connectivity index (χ2n) is 3.46. The maximum absolute atomic E-state index is 13.5. The van der Waals surface area contributed by atoms with E-state index in [1.807, 2.05) is 0 Å². The van der Waals surface area contributed by atoms with Gasteiger partial charge in [-0.2, -0.15) is 0 Å². The number of thiophene rings is 1. The van der Waals surface area contributed by atoms with E-state index in [0.717, 1.165) is 11.3 Å². The maximum Gasteiger partial charge on any atom is 0.135 e. The lowest BCUT2D eigenvalue weighted by Gasteiger charge is -2.11. The van der Waals surface area contributed by atoms with E-state index < -0.39 is 29.1 Å². The predicted octanol–water partition coefficient (Wildman–Crippen LogP) is 4.66. The molecule has 1 aromatic carbocycles. The molecule has 0 aliphatic rings. The molecule has 0 bridgehead atoms. The third-order valence-electron chi connectivity index (χ3n) is 2.25. The normalized spacial score (nSPS) is 12.8. The van der Waals surface area contributed by atoms with Crippen molar-refractivity contribution in [1.29, 1.82) is 0 Å². The van der Waals surface area contributed by atoms with Gasteiger partial charge >= 0.3 is 0 Å². The minimum Gasteiger partial charge on any atom is -0.383 e. The lowest BCUT2D eigenvalue weighted by atomic mass is 10.1. The molecule has 0 saturated heterocycles. The Morgan fingerprint density at radius 2 is 1.72 bits per heavy atom. The molecule has 0 amide bonds. The maximum atomic E-state index is 13.5. The Hall–Kier alpha value is -0.560. The molecule has 0 fully saturated rings. The summed E-state index contributed by atoms with van der Waals surface area (Å²) in [7, 11) is 0. The van der Waals surface area contributed by atoms with Gasteiger partial charge in [-0.1, -0.05) is 11.6 Å². The Labute approximate surface area is 118 Å². The number of rotatable bonds is 2. The molecule has 2 rings (SSSR count). The van der Waals surface area contributed by atoms with Gasteiger partial charge < -0.3 is 5.11 Å². The van der Waals surface area contributed by atoms with Crippen LogP contribution < -0.4 is 0 Å². The van der Waals surface area contributed by atoms with Crippen LogP contribution in [0, 0.1) is 17.5 Å². The van der Waals surface area contributed by atoms with E-state index in [9.17, 15) is 18.3 Å². The molecule has 1 nitrogen and oxygen atoms in total. The van der Waals surface area contributed by atoms with E-state index >= 15 is 0 Å². The van der Waals surface area contributed by atoms with Gasteiger partial charge in [0.25, 0.3) is 0 Å². The van der Waals surface area contributed by atoms with Crippen molar-refractivity contribution in [2.45, 2.75) is 6.10 Å². The Morgan fingerprint density at radius 1 is 1.17 bits per heavy atom. The van der Waals surface area contributed by atoms with Crippen LogP contribution >= 0.6 is 38.9 Å². The monoisotopic (exact) mass is 356 g/mol. The number of aliphatic hydroxyl groups excluding tert-OH is 1. The van der Waals surface area contributed by atoms with E-state index in [4.69, 9.17) is 11.6 Å². The van der Waals surface area contributed by atoms with Gasteiger partial charge in [-0.15, -0.1) is 11.3 Å². The Morgan fingerprint density at radius 3 is 2.17 bits per heavy atom. The van der Waals surface area contributed by atoms with Crippen molar-refractivity contribution < 1.29 is 18.3 Å². The summed E-state index contributed by atoms with van der Waals surface area (Å²) in [5.74, 6) is -3.31. The molecule has 18 heavy (non-hydrogen) atoms. The van der Waals surface area contributed by atoms with Crippen molar-refractivity contribution in [2.75, 3.05) is 0 Å². The van der Waals surface area contributed by atoms with Crippen LogP contribution in [0.1, 0.15) is 16.5 Å². The average molecular weight is 358 g/mol. The molecule has 0 spiro atoms. The fourth-order valence-electron chi connectivity index (χ4n) is 1.45. The molecular formula is C11H5BrClF3OS. The molecule has 1 N–H and O–H groups in total. The van der Waals surface area contributed by atoms with Crippen molar-refractivity contribution in [3.63, 3.8) is 0 Å². The lowest BCUT2D eigenvalue weighted by Crippen LogP contribution is -2.05. The summed E-state index contributed by atoms with van der Waals surface area (Å²) in [6.45, 7) is 0. The first-order valence-electron chi connectivity index (χ1n) is 4.67. The molecule has 0 radical (unpaired) electrons. The zero-order valence-corrected chi connectivity index (χ0v) is 11.7. The van der Waals surface area contributed by atoms with Crippen LogP contribution in [0.15, 0.2) is 22.7 Å². The molecular weight excluding hydrogens is 353 g/mol. The van der Waals surface area contributed by atoms with Gasteiger partial charge in [-0.25, -0.2) is 13.2 Å². The molecule has 96 valence electrons. The van der Waals surface area contributed by atoms with Gasteiger partial charge in [0.05, 0.1) is 5.56 Å². The summed E-state index contributed by atoms with van der Waals surface area (Å²) in [5.41, 5.74) is -0.596. The summed E-state index contributed by atoms with van der Waals surface area (Å²) in [4.78, 5) is 0.260. The van der Waals surface area contributed by atoms with Crippen molar-refractivity contribution >= 4 is 38.9 Å². The quantitative estimate of drug-likeness (QED) is 0.828. The van der Waals surface area contributed by atoms with E-state index in [0.29, 0.717) is 20.9 Å². The van der Waals surface area contributed by atoms with Gasteiger partial charge in [0.2, 0.25) is 0 Å². The predicted molar refractivity (Wildman–Crippen MR) is 67.4 cm³/mol. The molecule has 0 saturated carbocycles. The van der Waals surface area contributed by atoms with Gasteiger partial charge in [0.15, 0.2) is 0 Å². The van der Waals surface area contributed by atoms with Gasteiger partial charge in [-0.3, -0.25) is 0 Å². The van der Waals surface area contributed by atoms with E-state index in [2.05, 4.69) is 15.9 Å². The number of benzene rings is 1. The van der Waals surface area contributed by atoms with Crippen molar-refractivity contribution in [3.05, 3.63) is 54.9 Å². The summed E-state index contributed by atoms with van der Waals surface area (Å²) in [5, 5.41) is 9.91. The largest absolute Gasteiger partial charge is 0.383 e. The zero-order chi connectivity index (χ0) is 13.4. The number of hydrogen-bond donors (Lipinski definition) is 1. The van der Waals surface area contributed by atoms with Gasteiger partial charge in [0, 0.05) is 21.5 Å². The molecule has 0 aliphatic carbocycles. The van der Waals surface area contributed by atoms with Crippen LogP contribution in [0.25, 0.3) is 0 Å². The third-order valence-corrected chi connectivity index (χ3v) is 4.78. The van der Waals surface area contributed by atoms with E-state index in [1.54, 1.807) is 0 Å². The molecule has 7 heteroatoms. The summed E-state index contributed by atoms with van der Waals surface area (Å²) < 4.78 is 40.6. The van der Waals surface area contributed by atoms with E-state index in [-0.39, 0.29) is 4.88 Å². The van der Waals surface area contributed by atoms with Crippen molar-refractivity contribution in [3.8, 4) is 0 Å². The minimum absolute atomic E-state index is 0.260. The van der Waals surface area contributed by atoms with Crippen LogP contribution in [-0.4, -0.2) is 5.11 Å². The van der Waals surface area contributed by atoms with Crippen molar-refractivity contribution in [2.24, 2.45) is 0 Å². The fraction of sp³-hybridized carbons (Fsp3) is 0.0909. The SMILES string of the molecule is OC(c1cc(Br)c(Cl)s1)c1c(F)cc(F)cc1F. The molecule has 2 aromatic rings. The third kappa shape index (κ3) is 2.56. The molecule has 0 aliphatic heterocycles. The fourth-order valence-corrected chi connectivity index (χ4v) is 3.19. The van der Waals surface area contributed by atoms with Crippen LogP contribution in [0.2, 0.25) is 4.34 Å². The van der Waals surface area contributed by atoms with Crippen LogP contribution in [0.3, 0.4) is 0 Å².